The molecule has 0 saturated carbocycles. The standard InChI is InChI=1S/C14H25N3O2/c1-11-10-12(18)17(13(16-11)19-5)9-7-6-8-15-14(2,3)4/h10,15H,6-9H2,1-5H3. The number of hydrogen-bond acceptors (Lipinski definition) is 4. The molecule has 1 rings (SSSR count). The van der Waals surface area contributed by atoms with Crippen LogP contribution in [0.3, 0.4) is 0 Å². The monoisotopic (exact) mass is 267 g/mol. The number of aromatic nitrogens is 2. The minimum atomic E-state index is -0.0480. The summed E-state index contributed by atoms with van der Waals surface area (Å²) in [7, 11) is 1.54. The van der Waals surface area contributed by atoms with E-state index in [9.17, 15) is 4.79 Å². The summed E-state index contributed by atoms with van der Waals surface area (Å²) in [5.74, 6) is 0. The van der Waals surface area contributed by atoms with Gasteiger partial charge in [0, 0.05) is 23.8 Å². The van der Waals surface area contributed by atoms with Crippen LogP contribution in [0.15, 0.2) is 10.9 Å². The van der Waals surface area contributed by atoms with Crippen LogP contribution in [0.25, 0.3) is 0 Å². The lowest BCUT2D eigenvalue weighted by molar-refractivity contribution is 0.339. The third-order valence-electron chi connectivity index (χ3n) is 2.75. The maximum atomic E-state index is 11.9. The highest BCUT2D eigenvalue weighted by Crippen LogP contribution is 2.06. The zero-order chi connectivity index (χ0) is 14.5. The normalized spacial score (nSPS) is 11.6. The van der Waals surface area contributed by atoms with Crippen molar-refractivity contribution in [1.29, 1.82) is 0 Å². The predicted octanol–water partition coefficient (Wildman–Crippen LogP) is 1.73. The quantitative estimate of drug-likeness (QED) is 0.798. The summed E-state index contributed by atoms with van der Waals surface area (Å²) >= 11 is 0. The van der Waals surface area contributed by atoms with Gasteiger partial charge in [0.15, 0.2) is 0 Å². The highest BCUT2D eigenvalue weighted by Gasteiger charge is 2.09. The topological polar surface area (TPSA) is 56.1 Å². The highest BCUT2D eigenvalue weighted by atomic mass is 16.5. The lowest BCUT2D eigenvalue weighted by Crippen LogP contribution is -2.36. The third-order valence-corrected chi connectivity index (χ3v) is 2.75. The van der Waals surface area contributed by atoms with E-state index in [0.29, 0.717) is 18.2 Å². The molecule has 0 aliphatic carbocycles. The molecule has 0 aliphatic heterocycles. The summed E-state index contributed by atoms with van der Waals surface area (Å²) in [5.41, 5.74) is 0.778. The van der Waals surface area contributed by atoms with Crippen LogP contribution in [0.2, 0.25) is 0 Å². The fraction of sp³-hybridized carbons (Fsp3) is 0.714. The maximum Gasteiger partial charge on any atom is 0.299 e. The molecule has 0 amide bonds. The van der Waals surface area contributed by atoms with E-state index >= 15 is 0 Å². The Hall–Kier alpha value is -1.36. The molecule has 0 saturated heterocycles. The molecule has 0 aliphatic rings. The Morgan fingerprint density at radius 2 is 2.05 bits per heavy atom. The Balaban J connectivity index is 2.52. The van der Waals surface area contributed by atoms with E-state index in [2.05, 4.69) is 31.1 Å². The molecule has 0 unspecified atom stereocenters. The maximum absolute atomic E-state index is 11.9. The van der Waals surface area contributed by atoms with Gasteiger partial charge >= 0.3 is 0 Å². The molecular weight excluding hydrogens is 242 g/mol. The number of nitrogens with zero attached hydrogens (tertiary/aromatic N) is 2. The summed E-state index contributed by atoms with van der Waals surface area (Å²) in [6.45, 7) is 9.81. The van der Waals surface area contributed by atoms with Gasteiger partial charge in [0.05, 0.1) is 7.11 Å². The molecule has 5 nitrogen and oxygen atoms in total. The van der Waals surface area contributed by atoms with Crippen LogP contribution in [0.1, 0.15) is 39.3 Å². The summed E-state index contributed by atoms with van der Waals surface area (Å²) in [5, 5.41) is 3.43. The second kappa shape index (κ2) is 6.70. The van der Waals surface area contributed by atoms with E-state index in [1.165, 1.54) is 6.07 Å². The molecule has 0 fully saturated rings. The zero-order valence-corrected chi connectivity index (χ0v) is 12.6. The molecule has 0 radical (unpaired) electrons. The smallest absolute Gasteiger partial charge is 0.299 e. The Bertz CT molecular complexity index is 461. The van der Waals surface area contributed by atoms with Crippen LogP contribution < -0.4 is 15.6 Å². The molecule has 19 heavy (non-hydrogen) atoms. The molecule has 0 aromatic carbocycles. The summed E-state index contributed by atoms with van der Waals surface area (Å²) < 4.78 is 6.74. The van der Waals surface area contributed by atoms with Crippen molar-refractivity contribution in [2.45, 2.75) is 52.6 Å². The lowest BCUT2D eigenvalue weighted by Gasteiger charge is -2.20. The Morgan fingerprint density at radius 3 is 2.63 bits per heavy atom. The molecule has 0 atom stereocenters. The van der Waals surface area contributed by atoms with Crippen molar-refractivity contribution < 1.29 is 4.74 Å². The Kier molecular flexibility index (Phi) is 5.54. The Morgan fingerprint density at radius 1 is 1.37 bits per heavy atom. The summed E-state index contributed by atoms with van der Waals surface area (Å²) in [6, 6.07) is 1.93. The zero-order valence-electron chi connectivity index (χ0n) is 12.6. The van der Waals surface area contributed by atoms with Gasteiger partial charge in [-0.25, -0.2) is 4.98 Å². The first-order valence-corrected chi connectivity index (χ1v) is 6.71. The van der Waals surface area contributed by atoms with Crippen molar-refractivity contribution in [1.82, 2.24) is 14.9 Å². The first kappa shape index (κ1) is 15.7. The number of unbranched alkanes of at least 4 members (excludes halogenated alkanes) is 1. The molecule has 108 valence electrons. The molecule has 1 heterocycles. The number of aryl methyl sites for hydroxylation is 1. The Labute approximate surface area is 115 Å². The highest BCUT2D eigenvalue weighted by molar-refractivity contribution is 5.06. The molecule has 1 N–H and O–H groups in total. The van der Waals surface area contributed by atoms with Crippen LogP contribution in [0.4, 0.5) is 0 Å². The van der Waals surface area contributed by atoms with Gasteiger partial charge in [-0.1, -0.05) is 0 Å². The van der Waals surface area contributed by atoms with Crippen LogP contribution in [-0.4, -0.2) is 28.7 Å². The summed E-state index contributed by atoms with van der Waals surface area (Å²) in [4.78, 5) is 16.1. The van der Waals surface area contributed by atoms with Crippen molar-refractivity contribution in [3.05, 3.63) is 22.1 Å². The average Bonchev–Trinajstić information content (AvgIpc) is 2.29. The van der Waals surface area contributed by atoms with Gasteiger partial charge in [0.2, 0.25) is 0 Å². The van der Waals surface area contributed by atoms with Gasteiger partial charge in [0.25, 0.3) is 11.6 Å². The van der Waals surface area contributed by atoms with Gasteiger partial charge in [-0.05, 0) is 47.1 Å². The minimum Gasteiger partial charge on any atom is -0.468 e. The van der Waals surface area contributed by atoms with E-state index in [-0.39, 0.29) is 11.1 Å². The molecule has 1 aromatic heterocycles. The van der Waals surface area contributed by atoms with Crippen LogP contribution >= 0.6 is 0 Å². The first-order valence-electron chi connectivity index (χ1n) is 6.71. The van der Waals surface area contributed by atoms with E-state index in [0.717, 1.165) is 19.4 Å². The number of hydrogen-bond donors (Lipinski definition) is 1. The molecule has 0 bridgehead atoms. The van der Waals surface area contributed by atoms with Crippen molar-refractivity contribution in [2.75, 3.05) is 13.7 Å². The second-order valence-corrected chi connectivity index (χ2v) is 5.76. The van der Waals surface area contributed by atoms with Gasteiger partial charge in [-0.2, -0.15) is 0 Å². The van der Waals surface area contributed by atoms with E-state index < -0.39 is 0 Å². The molecule has 5 heteroatoms. The number of nitrogens with one attached hydrogen (secondary N) is 1. The summed E-state index contributed by atoms with van der Waals surface area (Å²) in [6.07, 6.45) is 1.94. The van der Waals surface area contributed by atoms with Crippen molar-refractivity contribution >= 4 is 0 Å². The average molecular weight is 267 g/mol. The van der Waals surface area contributed by atoms with Crippen molar-refractivity contribution in [2.24, 2.45) is 0 Å². The number of rotatable bonds is 6. The molecule has 0 spiro atoms. The molecule has 1 aromatic rings. The van der Waals surface area contributed by atoms with Gasteiger partial charge in [-0.3, -0.25) is 9.36 Å². The van der Waals surface area contributed by atoms with Crippen LogP contribution in [-0.2, 0) is 6.54 Å². The van der Waals surface area contributed by atoms with Crippen LogP contribution in [0, 0.1) is 6.92 Å². The van der Waals surface area contributed by atoms with E-state index in [1.54, 1.807) is 18.6 Å². The van der Waals surface area contributed by atoms with E-state index in [1.807, 2.05) is 0 Å². The fourth-order valence-corrected chi connectivity index (χ4v) is 1.81. The lowest BCUT2D eigenvalue weighted by atomic mass is 10.1. The second-order valence-electron chi connectivity index (χ2n) is 5.76. The van der Waals surface area contributed by atoms with Gasteiger partial charge < -0.3 is 10.1 Å². The van der Waals surface area contributed by atoms with E-state index in [4.69, 9.17) is 4.74 Å². The largest absolute Gasteiger partial charge is 0.468 e. The predicted molar refractivity (Wildman–Crippen MR) is 76.8 cm³/mol. The van der Waals surface area contributed by atoms with Gasteiger partial charge in [0.1, 0.15) is 0 Å². The van der Waals surface area contributed by atoms with Gasteiger partial charge in [-0.15, -0.1) is 0 Å². The fourth-order valence-electron chi connectivity index (χ4n) is 1.81. The number of ether oxygens (including phenoxy) is 1. The minimum absolute atomic E-state index is 0.0480. The van der Waals surface area contributed by atoms with Crippen molar-refractivity contribution in [3.8, 4) is 6.01 Å². The third kappa shape index (κ3) is 5.42. The molecular formula is C14H25N3O2. The van der Waals surface area contributed by atoms with Crippen LogP contribution in [0.5, 0.6) is 6.01 Å². The van der Waals surface area contributed by atoms with Crippen molar-refractivity contribution in [3.63, 3.8) is 0 Å². The number of methoxy groups -OCH3 is 1. The SMILES string of the molecule is COc1nc(C)cc(=O)n1CCCCNC(C)(C)C. The first-order chi connectivity index (χ1) is 8.83.